The fraction of sp³-hybridized carbons (Fsp3) is 0.417. The number of carbonyl (C=O) groups is 1. The van der Waals surface area contributed by atoms with Crippen molar-refractivity contribution >= 4 is 5.91 Å². The molecule has 168 valence electrons. The molecule has 0 unspecified atom stereocenters. The van der Waals surface area contributed by atoms with Gasteiger partial charge in [0.15, 0.2) is 0 Å². The second kappa shape index (κ2) is 9.61. The molecule has 0 spiro atoms. The Labute approximate surface area is 184 Å². The average Bonchev–Trinajstić information content (AvgIpc) is 3.26. The molecule has 1 amide bonds. The average molecular weight is 444 g/mol. The number of amides is 1. The van der Waals surface area contributed by atoms with E-state index in [1.165, 1.54) is 29.3 Å². The summed E-state index contributed by atoms with van der Waals surface area (Å²) in [5.74, 6) is -1.76. The maximum Gasteiger partial charge on any atom is 0.249 e. The fourth-order valence-electron chi connectivity index (χ4n) is 4.44. The predicted molar refractivity (Wildman–Crippen MR) is 109 cm³/mol. The van der Waals surface area contributed by atoms with Crippen LogP contribution in [-0.4, -0.2) is 24.2 Å². The Morgan fingerprint density at radius 2 is 1.69 bits per heavy atom. The highest BCUT2D eigenvalue weighted by molar-refractivity contribution is 5.78. The monoisotopic (exact) mass is 444 g/mol. The van der Waals surface area contributed by atoms with Gasteiger partial charge >= 0.3 is 0 Å². The van der Waals surface area contributed by atoms with Crippen LogP contribution in [0.4, 0.5) is 13.2 Å². The van der Waals surface area contributed by atoms with Crippen molar-refractivity contribution in [2.24, 2.45) is 11.8 Å². The van der Waals surface area contributed by atoms with Gasteiger partial charge in [0.25, 0.3) is 0 Å². The van der Waals surface area contributed by atoms with Gasteiger partial charge in [-0.15, -0.1) is 0 Å². The molecule has 0 radical (unpaired) electrons. The molecule has 0 N–H and O–H groups in total. The van der Waals surface area contributed by atoms with Gasteiger partial charge in [-0.1, -0.05) is 0 Å². The van der Waals surface area contributed by atoms with Gasteiger partial charge < -0.3 is 4.74 Å². The van der Waals surface area contributed by atoms with Crippen molar-refractivity contribution in [3.63, 3.8) is 0 Å². The molecular weight excluding hydrogens is 421 g/mol. The Morgan fingerprint density at radius 3 is 2.38 bits per heavy atom. The molecule has 2 aromatic carbocycles. The van der Waals surface area contributed by atoms with Crippen LogP contribution in [-0.2, 0) is 9.63 Å². The first-order valence-electron chi connectivity index (χ1n) is 10.7. The molecule has 32 heavy (non-hydrogen) atoms. The van der Waals surface area contributed by atoms with Crippen molar-refractivity contribution in [3.8, 4) is 11.8 Å². The lowest BCUT2D eigenvalue weighted by molar-refractivity contribution is -0.183. The lowest BCUT2D eigenvalue weighted by Gasteiger charge is -2.32. The topological polar surface area (TPSA) is 62.6 Å². The van der Waals surface area contributed by atoms with Crippen LogP contribution in [0.2, 0.25) is 0 Å². The highest BCUT2D eigenvalue weighted by Gasteiger charge is 2.37. The first kappa shape index (κ1) is 22.2. The van der Waals surface area contributed by atoms with Crippen molar-refractivity contribution < 1.29 is 27.5 Å². The van der Waals surface area contributed by atoms with E-state index in [-0.39, 0.29) is 23.3 Å². The Bertz CT molecular complexity index is 1010. The highest BCUT2D eigenvalue weighted by Crippen LogP contribution is 2.36. The Balaban J connectivity index is 1.32. The number of nitrogens with zero attached hydrogens (tertiary/aromatic N) is 2. The number of hydrogen-bond acceptors (Lipinski definition) is 4. The SMILES string of the molecule is N#Cc1cc(F)cc(OC[C@H]2CC[C@H](C(=O)N3OCC[C@H]3c3cc(F)cc(F)c3)CC2)c1. The third kappa shape index (κ3) is 5.05. The summed E-state index contributed by atoms with van der Waals surface area (Å²) in [5.41, 5.74) is 0.593. The van der Waals surface area contributed by atoms with Crippen LogP contribution in [0.25, 0.3) is 0 Å². The van der Waals surface area contributed by atoms with Gasteiger partial charge in [-0.25, -0.2) is 18.2 Å². The predicted octanol–water partition coefficient (Wildman–Crippen LogP) is 5.07. The smallest absolute Gasteiger partial charge is 0.249 e. The van der Waals surface area contributed by atoms with Gasteiger partial charge in [0.05, 0.1) is 30.9 Å². The van der Waals surface area contributed by atoms with E-state index in [9.17, 15) is 18.0 Å². The van der Waals surface area contributed by atoms with Crippen molar-refractivity contribution in [1.29, 1.82) is 5.26 Å². The second-order valence-corrected chi connectivity index (χ2v) is 8.32. The van der Waals surface area contributed by atoms with Crippen LogP contribution in [0.3, 0.4) is 0 Å². The van der Waals surface area contributed by atoms with E-state index in [2.05, 4.69) is 0 Å². The van der Waals surface area contributed by atoms with Crippen molar-refractivity contribution in [1.82, 2.24) is 5.06 Å². The number of nitriles is 1. The van der Waals surface area contributed by atoms with Gasteiger partial charge in [0.1, 0.15) is 23.2 Å². The summed E-state index contributed by atoms with van der Waals surface area (Å²) in [4.78, 5) is 18.6. The zero-order valence-corrected chi connectivity index (χ0v) is 17.4. The summed E-state index contributed by atoms with van der Waals surface area (Å²) in [6.45, 7) is 0.691. The minimum atomic E-state index is -0.681. The third-order valence-corrected chi connectivity index (χ3v) is 6.07. The molecule has 2 fully saturated rings. The lowest BCUT2D eigenvalue weighted by Crippen LogP contribution is -2.37. The van der Waals surface area contributed by atoms with E-state index in [0.29, 0.717) is 43.8 Å². The molecule has 0 bridgehead atoms. The standard InChI is InChI=1S/C24H23F3N2O3/c25-19-7-16(13-28)8-22(12-19)31-14-15-1-3-17(4-2-15)24(30)29-23(5-6-32-29)18-9-20(26)11-21(27)10-18/h7-12,15,17,23H,1-6,14H2/t15-,17-,23-/m0/s1. The van der Waals surface area contributed by atoms with Crippen LogP contribution in [0.1, 0.15) is 49.3 Å². The quantitative estimate of drug-likeness (QED) is 0.646. The van der Waals surface area contributed by atoms with Crippen LogP contribution >= 0.6 is 0 Å². The molecule has 1 heterocycles. The zero-order chi connectivity index (χ0) is 22.7. The third-order valence-electron chi connectivity index (χ3n) is 6.07. The molecular formula is C24H23F3N2O3. The number of hydroxylamine groups is 2. The van der Waals surface area contributed by atoms with Gasteiger partial charge in [0, 0.05) is 24.5 Å². The number of halogens is 3. The summed E-state index contributed by atoms with van der Waals surface area (Å²) >= 11 is 0. The number of ether oxygens (including phenoxy) is 1. The molecule has 1 atom stereocenters. The largest absolute Gasteiger partial charge is 0.493 e. The summed E-state index contributed by atoms with van der Waals surface area (Å²) < 4.78 is 46.5. The fourth-order valence-corrected chi connectivity index (χ4v) is 4.44. The van der Waals surface area contributed by atoms with Crippen molar-refractivity contribution in [2.75, 3.05) is 13.2 Å². The van der Waals surface area contributed by atoms with E-state index in [1.807, 2.05) is 6.07 Å². The molecule has 4 rings (SSSR count). The van der Waals surface area contributed by atoms with Crippen LogP contribution < -0.4 is 4.74 Å². The molecule has 1 saturated heterocycles. The summed E-state index contributed by atoms with van der Waals surface area (Å²) in [7, 11) is 0. The van der Waals surface area contributed by atoms with Gasteiger partial charge in [-0.3, -0.25) is 9.63 Å². The highest BCUT2D eigenvalue weighted by atomic mass is 19.1. The number of hydrogen-bond donors (Lipinski definition) is 0. The van der Waals surface area contributed by atoms with Crippen molar-refractivity contribution in [3.05, 3.63) is 65.0 Å². The Kier molecular flexibility index (Phi) is 6.66. The van der Waals surface area contributed by atoms with E-state index >= 15 is 0 Å². The van der Waals surface area contributed by atoms with E-state index in [4.69, 9.17) is 14.8 Å². The van der Waals surface area contributed by atoms with Crippen molar-refractivity contribution in [2.45, 2.75) is 38.1 Å². The normalized spacial score (nSPS) is 23.1. The van der Waals surface area contributed by atoms with E-state index < -0.39 is 23.5 Å². The van der Waals surface area contributed by atoms with Crippen LogP contribution in [0, 0.1) is 40.6 Å². The molecule has 2 aliphatic rings. The summed E-state index contributed by atoms with van der Waals surface area (Å²) in [5, 5.41) is 10.2. The minimum absolute atomic E-state index is 0.166. The molecule has 1 aliphatic carbocycles. The second-order valence-electron chi connectivity index (χ2n) is 8.32. The lowest BCUT2D eigenvalue weighted by atomic mass is 9.81. The molecule has 1 aliphatic heterocycles. The minimum Gasteiger partial charge on any atom is -0.493 e. The zero-order valence-electron chi connectivity index (χ0n) is 17.4. The van der Waals surface area contributed by atoms with E-state index in [1.54, 1.807) is 0 Å². The number of benzene rings is 2. The summed E-state index contributed by atoms with van der Waals surface area (Å²) in [6.07, 6.45) is 3.27. The Hall–Kier alpha value is -3.05. The first-order chi connectivity index (χ1) is 15.4. The molecule has 0 aromatic heterocycles. The molecule has 5 nitrogen and oxygen atoms in total. The number of rotatable bonds is 5. The van der Waals surface area contributed by atoms with E-state index in [0.717, 1.165) is 25.0 Å². The first-order valence-corrected chi connectivity index (χ1v) is 10.7. The summed E-state index contributed by atoms with van der Waals surface area (Å²) in [6, 6.07) is 8.57. The maximum atomic E-state index is 13.6. The van der Waals surface area contributed by atoms with Crippen LogP contribution in [0.15, 0.2) is 36.4 Å². The van der Waals surface area contributed by atoms with Gasteiger partial charge in [-0.05, 0) is 61.4 Å². The Morgan fingerprint density at radius 1 is 1.00 bits per heavy atom. The number of carbonyl (C=O) groups excluding carboxylic acids is 1. The molecule has 2 aromatic rings. The molecule has 8 heteroatoms. The van der Waals surface area contributed by atoms with Crippen LogP contribution in [0.5, 0.6) is 5.75 Å². The van der Waals surface area contributed by atoms with Gasteiger partial charge in [-0.2, -0.15) is 5.26 Å². The maximum absolute atomic E-state index is 13.6. The van der Waals surface area contributed by atoms with Gasteiger partial charge in [0.2, 0.25) is 5.91 Å². The molecule has 1 saturated carbocycles.